The summed E-state index contributed by atoms with van der Waals surface area (Å²) < 4.78 is 18.8. The first kappa shape index (κ1) is 20.3. The molecule has 1 fully saturated rings. The molecule has 2 N–H and O–H groups in total. The van der Waals surface area contributed by atoms with Gasteiger partial charge in [-0.05, 0) is 24.6 Å². The van der Waals surface area contributed by atoms with E-state index in [4.69, 9.17) is 4.74 Å². The molecule has 24 heavy (non-hydrogen) atoms. The molecular formula is C16H23ClFN3O3. The molecule has 0 aliphatic carbocycles. The molecule has 0 bridgehead atoms. The second-order valence-electron chi connectivity index (χ2n) is 5.31. The number of hydrogen-bond acceptors (Lipinski definition) is 4. The molecule has 0 unspecified atom stereocenters. The Labute approximate surface area is 147 Å². The lowest BCUT2D eigenvalue weighted by atomic mass is 10.1. The van der Waals surface area contributed by atoms with E-state index in [2.05, 4.69) is 10.6 Å². The third-order valence-corrected chi connectivity index (χ3v) is 3.65. The quantitative estimate of drug-likeness (QED) is 0.687. The zero-order valence-corrected chi connectivity index (χ0v) is 14.5. The number of nitrogens with zero attached hydrogens (tertiary/aromatic N) is 1. The van der Waals surface area contributed by atoms with E-state index in [1.807, 2.05) is 0 Å². The van der Waals surface area contributed by atoms with Crippen molar-refractivity contribution in [2.75, 3.05) is 44.8 Å². The van der Waals surface area contributed by atoms with Crippen LogP contribution in [0, 0.1) is 5.82 Å². The van der Waals surface area contributed by atoms with Crippen LogP contribution in [0.2, 0.25) is 0 Å². The lowest BCUT2D eigenvalue weighted by molar-refractivity contribution is -0.117. The molecule has 1 aliphatic rings. The van der Waals surface area contributed by atoms with E-state index in [0.29, 0.717) is 44.9 Å². The summed E-state index contributed by atoms with van der Waals surface area (Å²) in [5.41, 5.74) is 0.524. The first-order valence-electron chi connectivity index (χ1n) is 7.71. The number of anilines is 1. The van der Waals surface area contributed by atoms with Crippen LogP contribution in [-0.2, 0) is 9.53 Å². The molecule has 6 nitrogen and oxygen atoms in total. The maximum atomic E-state index is 13.9. The molecule has 1 heterocycles. The van der Waals surface area contributed by atoms with Crippen molar-refractivity contribution in [1.29, 1.82) is 0 Å². The predicted molar refractivity (Wildman–Crippen MR) is 92.3 cm³/mol. The summed E-state index contributed by atoms with van der Waals surface area (Å²) in [4.78, 5) is 25.4. The monoisotopic (exact) mass is 359 g/mol. The first-order chi connectivity index (χ1) is 11.1. The number of methoxy groups -OCH3 is 1. The summed E-state index contributed by atoms with van der Waals surface area (Å²) in [6.45, 7) is 2.84. The van der Waals surface area contributed by atoms with Crippen LogP contribution in [0.4, 0.5) is 10.1 Å². The maximum Gasteiger partial charge on any atom is 0.254 e. The molecule has 0 radical (unpaired) electrons. The lowest BCUT2D eigenvalue weighted by Crippen LogP contribution is -2.33. The average molecular weight is 360 g/mol. The molecule has 134 valence electrons. The zero-order valence-electron chi connectivity index (χ0n) is 13.6. The van der Waals surface area contributed by atoms with E-state index in [-0.39, 0.29) is 23.9 Å². The molecule has 1 aliphatic heterocycles. The van der Waals surface area contributed by atoms with E-state index in [0.717, 1.165) is 6.42 Å². The van der Waals surface area contributed by atoms with E-state index in [1.165, 1.54) is 18.2 Å². The minimum atomic E-state index is -0.592. The third-order valence-electron chi connectivity index (χ3n) is 3.65. The minimum Gasteiger partial charge on any atom is -0.383 e. The summed E-state index contributed by atoms with van der Waals surface area (Å²) in [5, 5.41) is 5.74. The largest absolute Gasteiger partial charge is 0.383 e. The van der Waals surface area contributed by atoms with Crippen LogP contribution in [-0.4, -0.2) is 51.7 Å². The molecule has 0 aromatic heterocycles. The van der Waals surface area contributed by atoms with Gasteiger partial charge in [-0.2, -0.15) is 0 Å². The molecule has 0 saturated carbocycles. The van der Waals surface area contributed by atoms with E-state index in [9.17, 15) is 14.0 Å². The van der Waals surface area contributed by atoms with E-state index >= 15 is 0 Å². The summed E-state index contributed by atoms with van der Waals surface area (Å²) in [6.07, 6.45) is 1.27. The van der Waals surface area contributed by atoms with Gasteiger partial charge >= 0.3 is 0 Å². The van der Waals surface area contributed by atoms with Gasteiger partial charge in [0, 0.05) is 45.4 Å². The van der Waals surface area contributed by atoms with Gasteiger partial charge in [0.2, 0.25) is 5.91 Å². The number of benzene rings is 1. The van der Waals surface area contributed by atoms with Crippen LogP contribution in [0.25, 0.3) is 0 Å². The number of amides is 2. The molecule has 8 heteroatoms. The van der Waals surface area contributed by atoms with Crippen molar-refractivity contribution in [2.45, 2.75) is 12.8 Å². The molecular weight excluding hydrogens is 337 g/mol. The fourth-order valence-electron chi connectivity index (χ4n) is 2.44. The van der Waals surface area contributed by atoms with E-state index in [1.54, 1.807) is 12.0 Å². The first-order valence-corrected chi connectivity index (χ1v) is 7.71. The highest BCUT2D eigenvalue weighted by Crippen LogP contribution is 2.23. The predicted octanol–water partition coefficient (Wildman–Crippen LogP) is 1.34. The van der Waals surface area contributed by atoms with Gasteiger partial charge in [0.1, 0.15) is 5.82 Å². The van der Waals surface area contributed by atoms with Crippen molar-refractivity contribution < 1.29 is 18.7 Å². The van der Waals surface area contributed by atoms with Gasteiger partial charge in [-0.1, -0.05) is 0 Å². The molecule has 2 rings (SSSR count). The van der Waals surface area contributed by atoms with Crippen LogP contribution in [0.5, 0.6) is 0 Å². The Bertz CT molecular complexity index is 571. The molecule has 1 aromatic carbocycles. The molecule has 0 atom stereocenters. The van der Waals surface area contributed by atoms with Gasteiger partial charge < -0.3 is 20.3 Å². The second-order valence-corrected chi connectivity index (χ2v) is 5.31. The van der Waals surface area contributed by atoms with Crippen LogP contribution in [0.1, 0.15) is 23.2 Å². The standard InChI is InChI=1S/C16H22FN3O3.ClH/c1-23-10-8-18-6-7-19-16(22)13-11-12(4-5-14(13)17)20-9-2-3-15(20)21;/h4-5,11,18H,2-3,6-10H2,1H3,(H,19,22);1H. The van der Waals surface area contributed by atoms with Crippen molar-refractivity contribution >= 4 is 29.9 Å². The van der Waals surface area contributed by atoms with Crippen LogP contribution in [0.15, 0.2) is 18.2 Å². The minimum absolute atomic E-state index is 0. The summed E-state index contributed by atoms with van der Waals surface area (Å²) in [7, 11) is 1.62. The van der Waals surface area contributed by atoms with E-state index < -0.39 is 11.7 Å². The maximum absolute atomic E-state index is 13.9. The number of carbonyl (C=O) groups excluding carboxylic acids is 2. The van der Waals surface area contributed by atoms with Gasteiger partial charge in [0.15, 0.2) is 0 Å². The summed E-state index contributed by atoms with van der Waals surface area (Å²) >= 11 is 0. The van der Waals surface area contributed by atoms with Gasteiger partial charge in [-0.25, -0.2) is 4.39 Å². The number of halogens is 2. The molecule has 1 aromatic rings. The number of rotatable bonds is 8. The zero-order chi connectivity index (χ0) is 16.7. The Morgan fingerprint density at radius 1 is 1.33 bits per heavy atom. The van der Waals surface area contributed by atoms with Crippen molar-refractivity contribution in [3.8, 4) is 0 Å². The molecule has 1 saturated heterocycles. The Morgan fingerprint density at radius 3 is 2.79 bits per heavy atom. The highest BCUT2D eigenvalue weighted by Gasteiger charge is 2.23. The normalized spacial score (nSPS) is 13.8. The number of nitrogens with one attached hydrogen (secondary N) is 2. The number of hydrogen-bond donors (Lipinski definition) is 2. The Hall–Kier alpha value is -1.70. The van der Waals surface area contributed by atoms with Gasteiger partial charge in [0.25, 0.3) is 5.91 Å². The van der Waals surface area contributed by atoms with Crippen LogP contribution < -0.4 is 15.5 Å². The Morgan fingerprint density at radius 2 is 2.12 bits per heavy atom. The Balaban J connectivity index is 0.00000288. The average Bonchev–Trinajstić information content (AvgIpc) is 2.97. The Kier molecular flexibility index (Phi) is 8.67. The van der Waals surface area contributed by atoms with Crippen molar-refractivity contribution in [2.24, 2.45) is 0 Å². The fraction of sp³-hybridized carbons (Fsp3) is 0.500. The summed E-state index contributed by atoms with van der Waals surface area (Å²) in [5.74, 6) is -1.07. The smallest absolute Gasteiger partial charge is 0.254 e. The van der Waals surface area contributed by atoms with Gasteiger partial charge in [-0.3, -0.25) is 9.59 Å². The third kappa shape index (κ3) is 5.43. The second kappa shape index (κ2) is 10.2. The topological polar surface area (TPSA) is 70.7 Å². The number of ether oxygens (including phenoxy) is 1. The summed E-state index contributed by atoms with van der Waals surface area (Å²) in [6, 6.07) is 4.19. The van der Waals surface area contributed by atoms with Crippen LogP contribution in [0.3, 0.4) is 0 Å². The molecule has 0 spiro atoms. The van der Waals surface area contributed by atoms with Gasteiger partial charge in [-0.15, -0.1) is 12.4 Å². The van der Waals surface area contributed by atoms with Crippen LogP contribution >= 0.6 is 12.4 Å². The molecule has 2 amide bonds. The van der Waals surface area contributed by atoms with Gasteiger partial charge in [0.05, 0.1) is 12.2 Å². The highest BCUT2D eigenvalue weighted by molar-refractivity contribution is 5.99. The SMILES string of the molecule is COCCNCCNC(=O)c1cc(N2CCCC2=O)ccc1F.Cl. The van der Waals surface area contributed by atoms with Crippen molar-refractivity contribution in [3.63, 3.8) is 0 Å². The highest BCUT2D eigenvalue weighted by atomic mass is 35.5. The fourth-order valence-corrected chi connectivity index (χ4v) is 2.44. The van der Waals surface area contributed by atoms with Crippen molar-refractivity contribution in [1.82, 2.24) is 10.6 Å². The van der Waals surface area contributed by atoms with Crippen molar-refractivity contribution in [3.05, 3.63) is 29.6 Å². The lowest BCUT2D eigenvalue weighted by Gasteiger charge is -2.17. The number of carbonyl (C=O) groups is 2.